The first-order valence-corrected chi connectivity index (χ1v) is 9.03. The van der Waals surface area contributed by atoms with Crippen molar-refractivity contribution < 1.29 is 0 Å². The highest BCUT2D eigenvalue weighted by Crippen LogP contribution is 2.61. The van der Waals surface area contributed by atoms with Gasteiger partial charge in [0.2, 0.25) is 0 Å². The van der Waals surface area contributed by atoms with Crippen LogP contribution in [0.2, 0.25) is 0 Å². The average Bonchev–Trinajstić information content (AvgIpc) is 2.41. The normalized spacial score (nSPS) is 37.3. The first-order valence-electron chi connectivity index (χ1n) is 9.03. The minimum Gasteiger partial charge on any atom is -0.0654 e. The van der Waals surface area contributed by atoms with E-state index >= 15 is 0 Å². The van der Waals surface area contributed by atoms with E-state index in [2.05, 4.69) is 27.7 Å². The highest BCUT2D eigenvalue weighted by atomic mass is 14.5. The van der Waals surface area contributed by atoms with Crippen molar-refractivity contribution in [2.45, 2.75) is 98.3 Å². The van der Waals surface area contributed by atoms with E-state index in [1.54, 1.807) is 19.3 Å². The zero-order valence-electron chi connectivity index (χ0n) is 13.9. The van der Waals surface area contributed by atoms with Crippen molar-refractivity contribution in [3.8, 4) is 0 Å². The molecule has 112 valence electrons. The van der Waals surface area contributed by atoms with Crippen LogP contribution in [0.1, 0.15) is 98.3 Å². The third-order valence-corrected chi connectivity index (χ3v) is 6.83. The van der Waals surface area contributed by atoms with Gasteiger partial charge in [0.05, 0.1) is 0 Å². The molecule has 3 aliphatic carbocycles. The standard InChI is InChI=1S/C19H36/c1-5-7-16(3)8-9-17(6-2)19-13-10-18(4,11-14-19)12-15-19/h16-17H,5-15H2,1-4H3. The molecule has 0 aromatic rings. The van der Waals surface area contributed by atoms with E-state index in [1.165, 1.54) is 51.4 Å². The second kappa shape index (κ2) is 6.19. The lowest BCUT2D eigenvalue weighted by atomic mass is 9.50. The lowest BCUT2D eigenvalue weighted by molar-refractivity contribution is -0.0438. The van der Waals surface area contributed by atoms with Gasteiger partial charge in [-0.15, -0.1) is 0 Å². The molecule has 0 radical (unpaired) electrons. The second-order valence-corrected chi connectivity index (χ2v) is 8.25. The van der Waals surface area contributed by atoms with Crippen molar-refractivity contribution in [3.05, 3.63) is 0 Å². The molecule has 0 aliphatic heterocycles. The van der Waals surface area contributed by atoms with Crippen molar-refractivity contribution >= 4 is 0 Å². The Balaban J connectivity index is 1.90. The van der Waals surface area contributed by atoms with Crippen LogP contribution in [0.3, 0.4) is 0 Å². The van der Waals surface area contributed by atoms with Crippen LogP contribution in [0.25, 0.3) is 0 Å². The van der Waals surface area contributed by atoms with Crippen LogP contribution in [-0.2, 0) is 0 Å². The predicted molar refractivity (Wildman–Crippen MR) is 85.3 cm³/mol. The first-order chi connectivity index (χ1) is 9.03. The fourth-order valence-corrected chi connectivity index (χ4v) is 5.08. The minimum atomic E-state index is 0.732. The molecule has 0 heteroatoms. The Morgan fingerprint density at radius 1 is 0.842 bits per heavy atom. The van der Waals surface area contributed by atoms with E-state index < -0.39 is 0 Å². The molecule has 0 N–H and O–H groups in total. The maximum atomic E-state index is 2.54. The van der Waals surface area contributed by atoms with Gasteiger partial charge in [-0.3, -0.25) is 0 Å². The molecule has 3 rings (SSSR count). The van der Waals surface area contributed by atoms with Crippen molar-refractivity contribution in [2.75, 3.05) is 0 Å². The molecule has 2 unspecified atom stereocenters. The Kier molecular flexibility index (Phi) is 5.01. The van der Waals surface area contributed by atoms with Gasteiger partial charge in [0.25, 0.3) is 0 Å². The molecule has 0 heterocycles. The van der Waals surface area contributed by atoms with Crippen molar-refractivity contribution in [1.82, 2.24) is 0 Å². The van der Waals surface area contributed by atoms with Crippen molar-refractivity contribution in [3.63, 3.8) is 0 Å². The Labute approximate surface area is 121 Å². The van der Waals surface area contributed by atoms with Crippen LogP contribution < -0.4 is 0 Å². The second-order valence-electron chi connectivity index (χ2n) is 8.25. The molecule has 0 amide bonds. The van der Waals surface area contributed by atoms with Crippen LogP contribution in [0.4, 0.5) is 0 Å². The highest BCUT2D eigenvalue weighted by molar-refractivity contribution is 5.00. The molecule has 2 bridgehead atoms. The van der Waals surface area contributed by atoms with E-state index in [0.29, 0.717) is 0 Å². The van der Waals surface area contributed by atoms with Gasteiger partial charge in [-0.25, -0.2) is 0 Å². The van der Waals surface area contributed by atoms with Gasteiger partial charge in [-0.1, -0.05) is 53.4 Å². The van der Waals surface area contributed by atoms with Crippen LogP contribution in [0.5, 0.6) is 0 Å². The summed E-state index contributed by atoms with van der Waals surface area (Å²) in [5.74, 6) is 1.98. The number of rotatable bonds is 7. The summed E-state index contributed by atoms with van der Waals surface area (Å²) in [6, 6.07) is 0. The molecule has 0 spiro atoms. The molecule has 0 aromatic heterocycles. The Bertz CT molecular complexity index is 253. The molecule has 3 fully saturated rings. The smallest absolute Gasteiger partial charge is 0.0269 e. The third kappa shape index (κ3) is 3.37. The Morgan fingerprint density at radius 2 is 1.42 bits per heavy atom. The van der Waals surface area contributed by atoms with E-state index in [1.807, 2.05) is 0 Å². The van der Waals surface area contributed by atoms with Crippen LogP contribution in [0, 0.1) is 22.7 Å². The van der Waals surface area contributed by atoms with E-state index in [4.69, 9.17) is 0 Å². The minimum absolute atomic E-state index is 0.732. The molecule has 0 aromatic carbocycles. The first kappa shape index (κ1) is 15.4. The Hall–Kier alpha value is 0. The van der Waals surface area contributed by atoms with Gasteiger partial charge in [-0.05, 0) is 67.6 Å². The van der Waals surface area contributed by atoms with Crippen LogP contribution in [0.15, 0.2) is 0 Å². The maximum absolute atomic E-state index is 2.54. The monoisotopic (exact) mass is 264 g/mol. The van der Waals surface area contributed by atoms with Gasteiger partial charge in [-0.2, -0.15) is 0 Å². The van der Waals surface area contributed by atoms with Gasteiger partial charge in [0, 0.05) is 0 Å². The number of hydrogen-bond acceptors (Lipinski definition) is 0. The highest BCUT2D eigenvalue weighted by Gasteiger charge is 2.48. The summed E-state index contributed by atoms with van der Waals surface area (Å²) in [4.78, 5) is 0. The zero-order valence-corrected chi connectivity index (χ0v) is 13.9. The molecule has 2 atom stereocenters. The fraction of sp³-hybridized carbons (Fsp3) is 1.00. The summed E-state index contributed by atoms with van der Waals surface area (Å²) in [5, 5.41) is 0. The topological polar surface area (TPSA) is 0 Å². The summed E-state index contributed by atoms with van der Waals surface area (Å²) in [5.41, 5.74) is 1.49. The SMILES string of the molecule is CCCC(C)CCC(CC)C12CCC(C)(CC1)CC2. The number of fused-ring (bicyclic) bond motifs is 3. The van der Waals surface area contributed by atoms with Gasteiger partial charge < -0.3 is 0 Å². The molecular formula is C19H36. The molecule has 0 saturated heterocycles. The van der Waals surface area contributed by atoms with Crippen LogP contribution >= 0.6 is 0 Å². The summed E-state index contributed by atoms with van der Waals surface area (Å²) >= 11 is 0. The van der Waals surface area contributed by atoms with Gasteiger partial charge in [0.1, 0.15) is 0 Å². The van der Waals surface area contributed by atoms with Gasteiger partial charge >= 0.3 is 0 Å². The molecule has 0 nitrogen and oxygen atoms in total. The van der Waals surface area contributed by atoms with Crippen molar-refractivity contribution in [1.29, 1.82) is 0 Å². The summed E-state index contributed by atoms with van der Waals surface area (Å²) in [6.45, 7) is 9.79. The lowest BCUT2D eigenvalue weighted by Crippen LogP contribution is -2.44. The van der Waals surface area contributed by atoms with Gasteiger partial charge in [0.15, 0.2) is 0 Å². The maximum Gasteiger partial charge on any atom is -0.0269 e. The molecule has 19 heavy (non-hydrogen) atoms. The van der Waals surface area contributed by atoms with E-state index in [-0.39, 0.29) is 0 Å². The number of hydrogen-bond donors (Lipinski definition) is 0. The lowest BCUT2D eigenvalue weighted by Gasteiger charge is -2.55. The summed E-state index contributed by atoms with van der Waals surface area (Å²) in [6.07, 6.45) is 16.4. The zero-order chi connectivity index (χ0) is 13.9. The average molecular weight is 264 g/mol. The van der Waals surface area contributed by atoms with Crippen LogP contribution in [-0.4, -0.2) is 0 Å². The fourth-order valence-electron chi connectivity index (χ4n) is 5.08. The van der Waals surface area contributed by atoms with E-state index in [0.717, 1.165) is 22.7 Å². The summed E-state index contributed by atoms with van der Waals surface area (Å²) < 4.78 is 0. The predicted octanol–water partition coefficient (Wildman–Crippen LogP) is 6.59. The molecule has 3 aliphatic rings. The van der Waals surface area contributed by atoms with Crippen molar-refractivity contribution in [2.24, 2.45) is 22.7 Å². The largest absolute Gasteiger partial charge is 0.0654 e. The molecule has 3 saturated carbocycles. The van der Waals surface area contributed by atoms with E-state index in [9.17, 15) is 0 Å². The Morgan fingerprint density at radius 3 is 1.89 bits per heavy atom. The summed E-state index contributed by atoms with van der Waals surface area (Å²) in [7, 11) is 0. The quantitative estimate of drug-likeness (QED) is 0.486. The molecular weight excluding hydrogens is 228 g/mol. The third-order valence-electron chi connectivity index (χ3n) is 6.83.